The van der Waals surface area contributed by atoms with Crippen molar-refractivity contribution in [3.63, 3.8) is 0 Å². The molecule has 1 aromatic rings. The molecule has 31 heavy (non-hydrogen) atoms. The van der Waals surface area contributed by atoms with Crippen molar-refractivity contribution in [3.05, 3.63) is 24.3 Å². The van der Waals surface area contributed by atoms with Crippen LogP contribution in [0.2, 0.25) is 0 Å². The van der Waals surface area contributed by atoms with E-state index < -0.39 is 20.0 Å². The number of carbonyl (C=O) groups is 1. The van der Waals surface area contributed by atoms with Gasteiger partial charge in [0.15, 0.2) is 0 Å². The predicted octanol–water partition coefficient (Wildman–Crippen LogP) is 1.20. The van der Waals surface area contributed by atoms with E-state index in [1.807, 2.05) is 11.8 Å². The number of piperidine rings is 2. The molecular formula is C20H32N4O5S2. The molecule has 3 rings (SSSR count). The van der Waals surface area contributed by atoms with Gasteiger partial charge in [-0.2, -0.15) is 4.31 Å². The van der Waals surface area contributed by atoms with E-state index in [4.69, 9.17) is 0 Å². The first-order valence-corrected chi connectivity index (χ1v) is 14.0. The first-order valence-electron chi connectivity index (χ1n) is 10.7. The Balaban J connectivity index is 1.54. The van der Waals surface area contributed by atoms with Crippen molar-refractivity contribution >= 4 is 31.6 Å². The third kappa shape index (κ3) is 6.48. The maximum atomic E-state index is 12.7. The summed E-state index contributed by atoms with van der Waals surface area (Å²) in [5.41, 5.74) is 0.545. The zero-order valence-electron chi connectivity index (χ0n) is 18.1. The number of amides is 1. The minimum atomic E-state index is -3.50. The lowest BCUT2D eigenvalue weighted by atomic mass is 10.0. The van der Waals surface area contributed by atoms with Crippen LogP contribution in [0.15, 0.2) is 29.2 Å². The van der Waals surface area contributed by atoms with E-state index >= 15 is 0 Å². The van der Waals surface area contributed by atoms with Gasteiger partial charge in [0.05, 0.1) is 17.2 Å². The van der Waals surface area contributed by atoms with Gasteiger partial charge in [0, 0.05) is 37.9 Å². The fraction of sp³-hybridized carbons (Fsp3) is 0.650. The number of hydrogen-bond acceptors (Lipinski definition) is 6. The average Bonchev–Trinajstić information content (AvgIpc) is 2.73. The van der Waals surface area contributed by atoms with Crippen LogP contribution >= 0.6 is 0 Å². The van der Waals surface area contributed by atoms with Crippen molar-refractivity contribution < 1.29 is 21.6 Å². The Morgan fingerprint density at radius 1 is 0.968 bits per heavy atom. The maximum Gasteiger partial charge on any atom is 0.243 e. The first-order chi connectivity index (χ1) is 14.6. The number of benzene rings is 1. The minimum Gasteiger partial charge on any atom is -0.325 e. The van der Waals surface area contributed by atoms with Crippen molar-refractivity contribution in [2.45, 2.75) is 56.0 Å². The van der Waals surface area contributed by atoms with Gasteiger partial charge in [0.25, 0.3) is 0 Å². The number of carbonyl (C=O) groups excluding carboxylic acids is 1. The van der Waals surface area contributed by atoms with Crippen LogP contribution in [-0.2, 0) is 24.8 Å². The monoisotopic (exact) mass is 472 g/mol. The van der Waals surface area contributed by atoms with Gasteiger partial charge in [-0.05, 0) is 56.9 Å². The lowest BCUT2D eigenvalue weighted by Crippen LogP contribution is -2.50. The third-order valence-corrected chi connectivity index (χ3v) is 8.59. The zero-order chi connectivity index (χ0) is 22.6. The standard InChI is InChI=1S/C20H32N4O5S2/c1-16(23-14-10-18(11-15-23)22-30(2,26)27)20(25)21-17-6-8-19(9-7-17)31(28,29)24-12-4-3-5-13-24/h6-9,16,18,22H,3-5,10-15H2,1-2H3,(H,21,25)/t16-/m0/s1. The Morgan fingerprint density at radius 2 is 1.55 bits per heavy atom. The van der Waals surface area contributed by atoms with Crippen LogP contribution < -0.4 is 10.0 Å². The van der Waals surface area contributed by atoms with E-state index in [9.17, 15) is 21.6 Å². The van der Waals surface area contributed by atoms with Gasteiger partial charge in [-0.25, -0.2) is 21.6 Å². The fourth-order valence-electron chi connectivity index (χ4n) is 4.08. The fourth-order valence-corrected chi connectivity index (χ4v) is 6.44. The summed E-state index contributed by atoms with van der Waals surface area (Å²) in [5, 5.41) is 2.85. The smallest absolute Gasteiger partial charge is 0.243 e. The number of nitrogens with zero attached hydrogens (tertiary/aromatic N) is 2. The van der Waals surface area contributed by atoms with E-state index in [0.717, 1.165) is 25.5 Å². The van der Waals surface area contributed by atoms with Crippen molar-refractivity contribution in [1.82, 2.24) is 13.9 Å². The van der Waals surface area contributed by atoms with Gasteiger partial charge >= 0.3 is 0 Å². The molecule has 2 fully saturated rings. The highest BCUT2D eigenvalue weighted by Crippen LogP contribution is 2.22. The summed E-state index contributed by atoms with van der Waals surface area (Å²) < 4.78 is 52.4. The average molecular weight is 473 g/mol. The summed E-state index contributed by atoms with van der Waals surface area (Å²) in [5.74, 6) is -0.179. The van der Waals surface area contributed by atoms with Gasteiger partial charge in [-0.15, -0.1) is 0 Å². The van der Waals surface area contributed by atoms with E-state index in [1.54, 1.807) is 12.1 Å². The molecule has 2 aliphatic heterocycles. The molecule has 1 atom stereocenters. The van der Waals surface area contributed by atoms with Crippen LogP contribution in [0.1, 0.15) is 39.0 Å². The normalized spacial score (nSPS) is 21.0. The molecule has 2 saturated heterocycles. The molecule has 0 unspecified atom stereocenters. The molecule has 2 heterocycles. The van der Waals surface area contributed by atoms with E-state index in [-0.39, 0.29) is 22.9 Å². The van der Waals surface area contributed by atoms with Crippen LogP contribution in [-0.4, -0.2) is 76.5 Å². The highest BCUT2D eigenvalue weighted by Gasteiger charge is 2.28. The van der Waals surface area contributed by atoms with E-state index in [0.29, 0.717) is 44.7 Å². The third-order valence-electron chi connectivity index (χ3n) is 5.91. The van der Waals surface area contributed by atoms with Crippen LogP contribution in [0.25, 0.3) is 0 Å². The topological polar surface area (TPSA) is 116 Å². The Bertz CT molecular complexity index is 965. The molecule has 0 bridgehead atoms. The lowest BCUT2D eigenvalue weighted by Gasteiger charge is -2.35. The predicted molar refractivity (Wildman–Crippen MR) is 120 cm³/mol. The molecule has 1 amide bonds. The molecule has 0 spiro atoms. The Kier molecular flexibility index (Phi) is 7.74. The Labute approximate surface area is 185 Å². The number of anilines is 1. The minimum absolute atomic E-state index is 0.101. The van der Waals surface area contributed by atoms with Gasteiger partial charge in [-0.1, -0.05) is 6.42 Å². The van der Waals surface area contributed by atoms with Crippen LogP contribution in [0.4, 0.5) is 5.69 Å². The van der Waals surface area contributed by atoms with Crippen LogP contribution in [0, 0.1) is 0 Å². The largest absolute Gasteiger partial charge is 0.325 e. The van der Waals surface area contributed by atoms with E-state index in [1.165, 1.54) is 16.4 Å². The molecule has 0 aromatic heterocycles. The van der Waals surface area contributed by atoms with E-state index in [2.05, 4.69) is 10.0 Å². The summed E-state index contributed by atoms with van der Waals surface area (Å²) in [7, 11) is -6.73. The quantitative estimate of drug-likeness (QED) is 0.616. The number of rotatable bonds is 7. The number of hydrogen-bond donors (Lipinski definition) is 2. The number of sulfonamides is 2. The van der Waals surface area contributed by atoms with Crippen molar-refractivity contribution in [2.75, 3.05) is 37.8 Å². The summed E-state index contributed by atoms with van der Waals surface area (Å²) >= 11 is 0. The van der Waals surface area contributed by atoms with Crippen molar-refractivity contribution in [1.29, 1.82) is 0 Å². The van der Waals surface area contributed by atoms with Crippen molar-refractivity contribution in [3.8, 4) is 0 Å². The molecule has 2 aliphatic rings. The molecule has 11 heteroatoms. The molecule has 0 saturated carbocycles. The summed E-state index contributed by atoms with van der Waals surface area (Å²) in [6.07, 6.45) is 5.26. The highest BCUT2D eigenvalue weighted by atomic mass is 32.2. The summed E-state index contributed by atoms with van der Waals surface area (Å²) in [6.45, 7) is 4.15. The Morgan fingerprint density at radius 3 is 2.10 bits per heavy atom. The molecular weight excluding hydrogens is 440 g/mol. The summed E-state index contributed by atoms with van der Waals surface area (Å²) in [6, 6.07) is 5.82. The van der Waals surface area contributed by atoms with Crippen LogP contribution in [0.3, 0.4) is 0 Å². The Hall–Kier alpha value is -1.53. The molecule has 0 radical (unpaired) electrons. The first kappa shape index (κ1) is 24.1. The van der Waals surface area contributed by atoms with Crippen LogP contribution in [0.5, 0.6) is 0 Å². The lowest BCUT2D eigenvalue weighted by molar-refractivity contribution is -0.121. The maximum absolute atomic E-state index is 12.7. The highest BCUT2D eigenvalue weighted by molar-refractivity contribution is 7.89. The van der Waals surface area contributed by atoms with Gasteiger partial charge in [-0.3, -0.25) is 9.69 Å². The second-order valence-electron chi connectivity index (χ2n) is 8.35. The number of nitrogens with one attached hydrogen (secondary N) is 2. The molecule has 9 nitrogen and oxygen atoms in total. The second kappa shape index (κ2) is 9.95. The molecule has 0 aliphatic carbocycles. The molecule has 1 aromatic carbocycles. The zero-order valence-corrected chi connectivity index (χ0v) is 19.7. The van der Waals surface area contributed by atoms with Gasteiger partial charge < -0.3 is 5.32 Å². The molecule has 2 N–H and O–H groups in total. The van der Waals surface area contributed by atoms with Crippen molar-refractivity contribution in [2.24, 2.45) is 0 Å². The van der Waals surface area contributed by atoms with Gasteiger partial charge in [0.1, 0.15) is 0 Å². The van der Waals surface area contributed by atoms with Gasteiger partial charge in [0.2, 0.25) is 26.0 Å². The number of likely N-dealkylation sites (tertiary alicyclic amines) is 1. The SMILES string of the molecule is C[C@@H](C(=O)Nc1ccc(S(=O)(=O)N2CCCCC2)cc1)N1CCC(NS(C)(=O)=O)CC1. The second-order valence-corrected chi connectivity index (χ2v) is 12.1. The molecule has 174 valence electrons. The summed E-state index contributed by atoms with van der Waals surface area (Å²) in [4.78, 5) is 14.9.